The Balaban J connectivity index is 2.52. The van der Waals surface area contributed by atoms with Gasteiger partial charge in [-0.2, -0.15) is 13.2 Å². The summed E-state index contributed by atoms with van der Waals surface area (Å²) in [6, 6.07) is 5.79. The van der Waals surface area contributed by atoms with Crippen LogP contribution in [-0.4, -0.2) is 35.7 Å². The van der Waals surface area contributed by atoms with Crippen LogP contribution in [0.1, 0.15) is 19.8 Å². The Morgan fingerprint density at radius 3 is 2.68 bits per heavy atom. The third-order valence-corrected chi connectivity index (χ3v) is 3.90. The molecule has 0 aromatic heterocycles. The third kappa shape index (κ3) is 7.56. The number of carbonyl (C=O) groups excluding carboxylic acids is 1. The predicted octanol–water partition coefficient (Wildman–Crippen LogP) is 3.62. The number of thioether (sulfide) groups is 1. The number of aliphatic hydroxyl groups is 1. The maximum Gasteiger partial charge on any atom is 0.398 e. The van der Waals surface area contributed by atoms with E-state index < -0.39 is 24.1 Å². The number of urea groups is 1. The van der Waals surface area contributed by atoms with Crippen molar-refractivity contribution in [3.63, 3.8) is 0 Å². The van der Waals surface area contributed by atoms with Crippen molar-refractivity contribution in [3.8, 4) is 0 Å². The molecule has 0 radical (unpaired) electrons. The molecule has 1 atom stereocenters. The first-order chi connectivity index (χ1) is 10.3. The van der Waals surface area contributed by atoms with E-state index in [0.29, 0.717) is 41.7 Å². The SMILES string of the molecule is CCC(O)CCNC(=O)Nc1ccccc1SCC(F)(F)F. The van der Waals surface area contributed by atoms with Gasteiger partial charge in [-0.05, 0) is 25.0 Å². The normalized spacial score (nSPS) is 12.8. The smallest absolute Gasteiger partial charge is 0.393 e. The number of halogens is 3. The van der Waals surface area contributed by atoms with E-state index in [0.717, 1.165) is 0 Å². The average Bonchev–Trinajstić information content (AvgIpc) is 2.45. The van der Waals surface area contributed by atoms with Crippen LogP contribution in [0.5, 0.6) is 0 Å². The van der Waals surface area contributed by atoms with Gasteiger partial charge in [-0.1, -0.05) is 19.1 Å². The molecule has 0 spiro atoms. The number of amides is 2. The number of nitrogens with one attached hydrogen (secondary N) is 2. The lowest BCUT2D eigenvalue weighted by atomic mass is 10.2. The van der Waals surface area contributed by atoms with E-state index in [9.17, 15) is 23.1 Å². The van der Waals surface area contributed by atoms with Gasteiger partial charge >= 0.3 is 12.2 Å². The topological polar surface area (TPSA) is 61.4 Å². The quantitative estimate of drug-likeness (QED) is 0.667. The lowest BCUT2D eigenvalue weighted by Crippen LogP contribution is -2.31. The summed E-state index contributed by atoms with van der Waals surface area (Å²) in [5, 5.41) is 14.4. The Bertz CT molecular complexity index is 483. The molecule has 1 unspecified atom stereocenters. The number of hydrogen-bond acceptors (Lipinski definition) is 3. The molecule has 0 heterocycles. The summed E-state index contributed by atoms with van der Waals surface area (Å²) in [4.78, 5) is 12.1. The van der Waals surface area contributed by atoms with E-state index in [1.165, 1.54) is 6.07 Å². The Hall–Kier alpha value is -1.41. The zero-order chi connectivity index (χ0) is 16.6. The zero-order valence-electron chi connectivity index (χ0n) is 12.1. The van der Waals surface area contributed by atoms with Gasteiger partial charge in [0.25, 0.3) is 0 Å². The molecule has 1 aromatic carbocycles. The third-order valence-electron chi connectivity index (χ3n) is 2.76. The van der Waals surface area contributed by atoms with E-state index in [4.69, 9.17) is 0 Å². The maximum absolute atomic E-state index is 12.3. The summed E-state index contributed by atoms with van der Waals surface area (Å²) in [6.07, 6.45) is -3.72. The molecule has 0 saturated heterocycles. The van der Waals surface area contributed by atoms with Crippen molar-refractivity contribution in [1.29, 1.82) is 0 Å². The molecule has 124 valence electrons. The molecular formula is C14H19F3N2O2S. The molecule has 2 amide bonds. The van der Waals surface area contributed by atoms with Crippen molar-refractivity contribution < 1.29 is 23.1 Å². The molecular weight excluding hydrogens is 317 g/mol. The van der Waals surface area contributed by atoms with E-state index in [1.807, 2.05) is 6.92 Å². The van der Waals surface area contributed by atoms with E-state index in [2.05, 4.69) is 10.6 Å². The van der Waals surface area contributed by atoms with Crippen LogP contribution in [0, 0.1) is 0 Å². The lowest BCUT2D eigenvalue weighted by Gasteiger charge is -2.13. The summed E-state index contributed by atoms with van der Waals surface area (Å²) >= 11 is 0.621. The van der Waals surface area contributed by atoms with Crippen molar-refractivity contribution in [2.24, 2.45) is 0 Å². The number of rotatable bonds is 7. The second kappa shape index (κ2) is 8.89. The molecule has 4 nitrogen and oxygen atoms in total. The first-order valence-electron chi connectivity index (χ1n) is 6.83. The van der Waals surface area contributed by atoms with Crippen molar-refractivity contribution in [2.75, 3.05) is 17.6 Å². The Labute approximate surface area is 131 Å². The zero-order valence-corrected chi connectivity index (χ0v) is 12.9. The van der Waals surface area contributed by atoms with Gasteiger partial charge < -0.3 is 15.7 Å². The number of para-hydroxylation sites is 1. The second-order valence-electron chi connectivity index (χ2n) is 4.63. The van der Waals surface area contributed by atoms with E-state index in [-0.39, 0.29) is 0 Å². The van der Waals surface area contributed by atoms with Crippen LogP contribution in [0.4, 0.5) is 23.7 Å². The van der Waals surface area contributed by atoms with Gasteiger partial charge in [-0.3, -0.25) is 0 Å². The van der Waals surface area contributed by atoms with Gasteiger partial charge in [0.05, 0.1) is 17.5 Å². The van der Waals surface area contributed by atoms with Crippen LogP contribution in [-0.2, 0) is 0 Å². The molecule has 0 aliphatic carbocycles. The van der Waals surface area contributed by atoms with Crippen molar-refractivity contribution in [1.82, 2.24) is 5.32 Å². The Morgan fingerprint density at radius 2 is 2.05 bits per heavy atom. The fourth-order valence-electron chi connectivity index (χ4n) is 1.58. The predicted molar refractivity (Wildman–Crippen MR) is 81.2 cm³/mol. The highest BCUT2D eigenvalue weighted by Gasteiger charge is 2.27. The summed E-state index contributed by atoms with van der Waals surface area (Å²) in [6.45, 7) is 2.12. The number of aliphatic hydroxyl groups excluding tert-OH is 1. The fraction of sp³-hybridized carbons (Fsp3) is 0.500. The lowest BCUT2D eigenvalue weighted by molar-refractivity contribution is -0.105. The average molecular weight is 336 g/mol. The van der Waals surface area contributed by atoms with Gasteiger partial charge in [-0.25, -0.2) is 4.79 Å². The second-order valence-corrected chi connectivity index (χ2v) is 5.65. The molecule has 1 rings (SSSR count). The van der Waals surface area contributed by atoms with Gasteiger partial charge in [0.15, 0.2) is 0 Å². The van der Waals surface area contributed by atoms with E-state index in [1.54, 1.807) is 18.2 Å². The molecule has 1 aromatic rings. The minimum Gasteiger partial charge on any atom is -0.393 e. The Kier molecular flexibility index (Phi) is 7.53. The molecule has 22 heavy (non-hydrogen) atoms. The molecule has 0 saturated carbocycles. The molecule has 0 fully saturated rings. The first kappa shape index (κ1) is 18.6. The van der Waals surface area contributed by atoms with Crippen LogP contribution < -0.4 is 10.6 Å². The number of benzene rings is 1. The summed E-state index contributed by atoms with van der Waals surface area (Å²) in [7, 11) is 0. The largest absolute Gasteiger partial charge is 0.398 e. The number of anilines is 1. The summed E-state index contributed by atoms with van der Waals surface area (Å²) in [5.74, 6) is -1.02. The van der Waals surface area contributed by atoms with Crippen LogP contribution in [0.25, 0.3) is 0 Å². The molecule has 8 heteroatoms. The Morgan fingerprint density at radius 1 is 1.36 bits per heavy atom. The number of hydrogen-bond donors (Lipinski definition) is 3. The van der Waals surface area contributed by atoms with Crippen LogP contribution in [0.2, 0.25) is 0 Å². The number of alkyl halides is 3. The van der Waals surface area contributed by atoms with E-state index >= 15 is 0 Å². The van der Waals surface area contributed by atoms with Gasteiger partial charge in [0, 0.05) is 11.4 Å². The molecule has 0 aliphatic heterocycles. The minimum atomic E-state index is -4.27. The van der Waals surface area contributed by atoms with Crippen LogP contribution in [0.3, 0.4) is 0 Å². The molecule has 0 bridgehead atoms. The summed E-state index contributed by atoms with van der Waals surface area (Å²) < 4.78 is 36.8. The van der Waals surface area contributed by atoms with Crippen molar-refractivity contribution in [2.45, 2.75) is 36.9 Å². The van der Waals surface area contributed by atoms with Gasteiger partial charge in [0.2, 0.25) is 0 Å². The highest BCUT2D eigenvalue weighted by atomic mass is 32.2. The highest BCUT2D eigenvalue weighted by molar-refractivity contribution is 7.99. The van der Waals surface area contributed by atoms with Crippen LogP contribution in [0.15, 0.2) is 29.2 Å². The van der Waals surface area contributed by atoms with Gasteiger partial charge in [-0.15, -0.1) is 11.8 Å². The fourth-order valence-corrected chi connectivity index (χ4v) is 2.35. The van der Waals surface area contributed by atoms with Gasteiger partial charge in [0.1, 0.15) is 0 Å². The first-order valence-corrected chi connectivity index (χ1v) is 7.82. The van der Waals surface area contributed by atoms with Crippen LogP contribution >= 0.6 is 11.8 Å². The maximum atomic E-state index is 12.3. The highest BCUT2D eigenvalue weighted by Crippen LogP contribution is 2.31. The standard InChI is InChI=1S/C14H19F3N2O2S/c1-2-10(20)7-8-18-13(21)19-11-5-3-4-6-12(11)22-9-14(15,16)17/h3-6,10,20H,2,7-9H2,1H3,(H2,18,19,21). The molecule has 3 N–H and O–H groups in total. The number of carbonyl (C=O) groups is 1. The minimum absolute atomic E-state index is 0.290. The molecule has 0 aliphatic rings. The van der Waals surface area contributed by atoms with Crippen molar-refractivity contribution in [3.05, 3.63) is 24.3 Å². The van der Waals surface area contributed by atoms with Crippen molar-refractivity contribution >= 4 is 23.5 Å². The monoisotopic (exact) mass is 336 g/mol. The summed E-state index contributed by atoms with van der Waals surface area (Å²) in [5.41, 5.74) is 0.324.